The van der Waals surface area contributed by atoms with Crippen LogP contribution in [0.1, 0.15) is 24.0 Å². The summed E-state index contributed by atoms with van der Waals surface area (Å²) in [4.78, 5) is 12.1. The van der Waals surface area contributed by atoms with Gasteiger partial charge in [0.1, 0.15) is 5.75 Å². The topological polar surface area (TPSA) is 52.9 Å². The van der Waals surface area contributed by atoms with E-state index in [1.807, 2.05) is 49.4 Å². The number of benzene rings is 2. The Morgan fingerprint density at radius 3 is 2.57 bits per heavy atom. The van der Waals surface area contributed by atoms with Crippen molar-refractivity contribution in [2.24, 2.45) is 5.10 Å². The number of phenols is 1. The van der Waals surface area contributed by atoms with E-state index in [1.165, 1.54) is 5.01 Å². The molecule has 2 aromatic carbocycles. The largest absolute Gasteiger partial charge is 0.507 e. The highest BCUT2D eigenvalue weighted by atomic mass is 16.3. The maximum absolute atomic E-state index is 12.1. The van der Waals surface area contributed by atoms with Gasteiger partial charge in [0.15, 0.2) is 0 Å². The number of aryl methyl sites for hydroxylation is 1. The fraction of sp³-hybridized carbons (Fsp3) is 0.176. The average Bonchev–Trinajstić information content (AvgIpc) is 2.49. The van der Waals surface area contributed by atoms with E-state index in [9.17, 15) is 9.90 Å². The number of amides is 1. The number of hydrazone groups is 1. The van der Waals surface area contributed by atoms with Crippen LogP contribution in [0.25, 0.3) is 0 Å². The first kappa shape index (κ1) is 13.4. The van der Waals surface area contributed by atoms with Crippen LogP contribution in [0.3, 0.4) is 0 Å². The predicted octanol–water partition coefficient (Wildman–Crippen LogP) is 3.23. The van der Waals surface area contributed by atoms with Gasteiger partial charge in [-0.2, -0.15) is 5.10 Å². The van der Waals surface area contributed by atoms with Crippen molar-refractivity contribution in [2.45, 2.75) is 19.8 Å². The van der Waals surface area contributed by atoms with E-state index in [0.29, 0.717) is 18.4 Å². The van der Waals surface area contributed by atoms with Gasteiger partial charge in [-0.1, -0.05) is 24.3 Å². The second-order valence-electron chi connectivity index (χ2n) is 5.11. The SMILES string of the molecule is Cc1ccc(C2=NN(c3ccccc3)C(=O)CC2)c(O)c1. The minimum atomic E-state index is -0.0310. The molecular formula is C17H16N2O2. The molecule has 3 rings (SSSR count). The molecule has 0 saturated carbocycles. The standard InChI is InChI=1S/C17H16N2O2/c1-12-7-8-14(16(20)11-12)15-9-10-17(21)19(18-15)13-5-3-2-4-6-13/h2-8,11,20H,9-10H2,1H3. The van der Waals surface area contributed by atoms with Gasteiger partial charge in [-0.15, -0.1) is 0 Å². The van der Waals surface area contributed by atoms with Crippen molar-refractivity contribution < 1.29 is 9.90 Å². The highest BCUT2D eigenvalue weighted by Gasteiger charge is 2.23. The summed E-state index contributed by atoms with van der Waals surface area (Å²) < 4.78 is 0. The van der Waals surface area contributed by atoms with Crippen LogP contribution >= 0.6 is 0 Å². The molecule has 1 aliphatic heterocycles. The molecule has 0 fully saturated rings. The van der Waals surface area contributed by atoms with Crippen LogP contribution < -0.4 is 5.01 Å². The second-order valence-corrected chi connectivity index (χ2v) is 5.11. The summed E-state index contributed by atoms with van der Waals surface area (Å²) in [7, 11) is 0. The summed E-state index contributed by atoms with van der Waals surface area (Å²) >= 11 is 0. The Balaban J connectivity index is 2.01. The highest BCUT2D eigenvalue weighted by Crippen LogP contribution is 2.26. The molecule has 0 atom stereocenters. The first-order valence-corrected chi connectivity index (χ1v) is 6.90. The average molecular weight is 280 g/mol. The monoisotopic (exact) mass is 280 g/mol. The highest BCUT2D eigenvalue weighted by molar-refractivity contribution is 6.10. The van der Waals surface area contributed by atoms with Crippen LogP contribution in [0, 0.1) is 6.92 Å². The molecule has 0 aromatic heterocycles. The Morgan fingerprint density at radius 2 is 1.86 bits per heavy atom. The molecule has 0 saturated heterocycles. The van der Waals surface area contributed by atoms with Gasteiger partial charge in [-0.25, -0.2) is 5.01 Å². The number of carbonyl (C=O) groups excluding carboxylic acids is 1. The zero-order valence-corrected chi connectivity index (χ0v) is 11.8. The minimum Gasteiger partial charge on any atom is -0.507 e. The molecule has 106 valence electrons. The number of hydrogen-bond acceptors (Lipinski definition) is 3. The van der Waals surface area contributed by atoms with Crippen LogP contribution in [-0.4, -0.2) is 16.7 Å². The quantitative estimate of drug-likeness (QED) is 0.918. The van der Waals surface area contributed by atoms with Gasteiger partial charge >= 0.3 is 0 Å². The van der Waals surface area contributed by atoms with E-state index < -0.39 is 0 Å². The Labute approximate surface area is 123 Å². The van der Waals surface area contributed by atoms with Crippen LogP contribution in [0.15, 0.2) is 53.6 Å². The van der Waals surface area contributed by atoms with Crippen molar-refractivity contribution >= 4 is 17.3 Å². The Kier molecular flexibility index (Phi) is 3.44. The summed E-state index contributed by atoms with van der Waals surface area (Å²) in [5.41, 5.74) is 3.15. The molecule has 1 N–H and O–H groups in total. The van der Waals surface area contributed by atoms with E-state index in [4.69, 9.17) is 0 Å². The molecule has 4 nitrogen and oxygen atoms in total. The lowest BCUT2D eigenvalue weighted by atomic mass is 10.0. The lowest BCUT2D eigenvalue weighted by Gasteiger charge is -2.24. The van der Waals surface area contributed by atoms with Crippen molar-refractivity contribution in [3.63, 3.8) is 0 Å². The van der Waals surface area contributed by atoms with Crippen LogP contribution in [-0.2, 0) is 4.79 Å². The van der Waals surface area contributed by atoms with E-state index in [0.717, 1.165) is 17.0 Å². The first-order valence-electron chi connectivity index (χ1n) is 6.90. The summed E-state index contributed by atoms with van der Waals surface area (Å²) in [6.45, 7) is 1.92. The number of para-hydroxylation sites is 1. The minimum absolute atomic E-state index is 0.0310. The van der Waals surface area contributed by atoms with Gasteiger partial charge in [-0.05, 0) is 36.8 Å². The van der Waals surface area contributed by atoms with Gasteiger partial charge in [0.05, 0.1) is 11.4 Å². The van der Waals surface area contributed by atoms with Gasteiger partial charge < -0.3 is 5.11 Å². The van der Waals surface area contributed by atoms with E-state index in [-0.39, 0.29) is 11.7 Å². The molecule has 2 aromatic rings. The zero-order chi connectivity index (χ0) is 14.8. The van der Waals surface area contributed by atoms with Gasteiger partial charge in [0, 0.05) is 18.4 Å². The molecular weight excluding hydrogens is 264 g/mol. The van der Waals surface area contributed by atoms with Gasteiger partial charge in [0.25, 0.3) is 0 Å². The fourth-order valence-corrected chi connectivity index (χ4v) is 2.40. The predicted molar refractivity (Wildman–Crippen MR) is 82.5 cm³/mol. The van der Waals surface area contributed by atoms with Gasteiger partial charge in [0.2, 0.25) is 5.91 Å². The molecule has 21 heavy (non-hydrogen) atoms. The molecule has 0 radical (unpaired) electrons. The molecule has 4 heteroatoms. The zero-order valence-electron chi connectivity index (χ0n) is 11.8. The van der Waals surface area contributed by atoms with Crippen molar-refractivity contribution in [3.8, 4) is 5.75 Å². The number of carbonyl (C=O) groups is 1. The maximum Gasteiger partial charge on any atom is 0.247 e. The number of anilines is 1. The third-order valence-corrected chi connectivity index (χ3v) is 3.50. The summed E-state index contributed by atoms with van der Waals surface area (Å²) in [5, 5.41) is 15.9. The molecule has 0 unspecified atom stereocenters. The molecule has 1 aliphatic rings. The van der Waals surface area contributed by atoms with Crippen molar-refractivity contribution in [1.29, 1.82) is 0 Å². The summed E-state index contributed by atoms with van der Waals surface area (Å²) in [6, 6.07) is 14.8. The van der Waals surface area contributed by atoms with Crippen molar-refractivity contribution in [2.75, 3.05) is 5.01 Å². The lowest BCUT2D eigenvalue weighted by molar-refractivity contribution is -0.118. The Hall–Kier alpha value is -2.62. The Bertz CT molecular complexity index is 708. The van der Waals surface area contributed by atoms with Crippen molar-refractivity contribution in [1.82, 2.24) is 0 Å². The fourth-order valence-electron chi connectivity index (χ4n) is 2.40. The molecule has 1 amide bonds. The molecule has 1 heterocycles. The van der Waals surface area contributed by atoms with Crippen LogP contribution in [0.4, 0.5) is 5.69 Å². The molecule has 0 spiro atoms. The number of rotatable bonds is 2. The third-order valence-electron chi connectivity index (χ3n) is 3.50. The lowest BCUT2D eigenvalue weighted by Crippen LogP contribution is -2.31. The normalized spacial score (nSPS) is 15.0. The first-order chi connectivity index (χ1) is 10.1. The van der Waals surface area contributed by atoms with Gasteiger partial charge in [-0.3, -0.25) is 4.79 Å². The van der Waals surface area contributed by atoms with Crippen LogP contribution in [0.5, 0.6) is 5.75 Å². The number of nitrogens with zero attached hydrogens (tertiary/aromatic N) is 2. The number of aromatic hydroxyl groups is 1. The van der Waals surface area contributed by atoms with E-state index >= 15 is 0 Å². The molecule has 0 aliphatic carbocycles. The number of hydrogen-bond donors (Lipinski definition) is 1. The number of phenolic OH excluding ortho intramolecular Hbond substituents is 1. The molecule has 0 bridgehead atoms. The van der Waals surface area contributed by atoms with E-state index in [2.05, 4.69) is 5.10 Å². The van der Waals surface area contributed by atoms with Crippen LogP contribution in [0.2, 0.25) is 0 Å². The smallest absolute Gasteiger partial charge is 0.247 e. The van der Waals surface area contributed by atoms with E-state index in [1.54, 1.807) is 6.07 Å². The third kappa shape index (κ3) is 2.65. The maximum atomic E-state index is 12.1. The van der Waals surface area contributed by atoms with Crippen molar-refractivity contribution in [3.05, 3.63) is 59.7 Å². The summed E-state index contributed by atoms with van der Waals surface area (Å²) in [5.74, 6) is 0.174. The summed E-state index contributed by atoms with van der Waals surface area (Å²) in [6.07, 6.45) is 0.930. The second kappa shape index (κ2) is 5.40. The Morgan fingerprint density at radius 1 is 1.10 bits per heavy atom.